The number of hydrogen-bond acceptors (Lipinski definition) is 3. The van der Waals surface area contributed by atoms with Crippen LogP contribution in [0, 0.1) is 11.8 Å². The zero-order valence-corrected chi connectivity index (χ0v) is 7.79. The first-order valence-electron chi connectivity index (χ1n) is 4.53. The summed E-state index contributed by atoms with van der Waals surface area (Å²) in [6, 6.07) is 0. The number of esters is 2. The van der Waals surface area contributed by atoms with E-state index < -0.39 is 0 Å². The van der Waals surface area contributed by atoms with Crippen molar-refractivity contribution >= 4 is 11.9 Å². The molecule has 2 rings (SSSR count). The molecule has 0 N–H and O–H groups in total. The highest BCUT2D eigenvalue weighted by atomic mass is 16.6. The molecule has 13 heavy (non-hydrogen) atoms. The van der Waals surface area contributed by atoms with Crippen LogP contribution >= 0.6 is 0 Å². The van der Waals surface area contributed by atoms with Gasteiger partial charge >= 0.3 is 11.9 Å². The summed E-state index contributed by atoms with van der Waals surface area (Å²) in [6.07, 6.45) is 1.67. The van der Waals surface area contributed by atoms with Gasteiger partial charge in [0.1, 0.15) is 0 Å². The molecule has 0 unspecified atom stereocenters. The van der Waals surface area contributed by atoms with Gasteiger partial charge in [-0.25, -0.2) is 0 Å². The number of fused-ring (bicyclic) bond motifs is 1. The van der Waals surface area contributed by atoms with Crippen molar-refractivity contribution in [1.82, 2.24) is 0 Å². The second-order valence-corrected chi connectivity index (χ2v) is 3.83. The van der Waals surface area contributed by atoms with Gasteiger partial charge in [0.15, 0.2) is 0 Å². The molecular weight excluding hydrogens is 168 g/mol. The van der Waals surface area contributed by atoms with Crippen LogP contribution in [0.25, 0.3) is 0 Å². The van der Waals surface area contributed by atoms with Crippen LogP contribution < -0.4 is 0 Å². The van der Waals surface area contributed by atoms with Gasteiger partial charge in [-0.05, 0) is 26.7 Å². The molecular formula is C10H12O3. The molecule has 0 bridgehead atoms. The van der Waals surface area contributed by atoms with Gasteiger partial charge in [0.25, 0.3) is 0 Å². The topological polar surface area (TPSA) is 43.4 Å². The molecule has 1 fully saturated rings. The Morgan fingerprint density at radius 3 is 2.62 bits per heavy atom. The summed E-state index contributed by atoms with van der Waals surface area (Å²) < 4.78 is 4.61. The number of carbonyl (C=O) groups excluding carboxylic acids is 2. The van der Waals surface area contributed by atoms with Crippen molar-refractivity contribution in [2.75, 3.05) is 0 Å². The fourth-order valence-electron chi connectivity index (χ4n) is 2.14. The first kappa shape index (κ1) is 8.48. The molecule has 1 aliphatic carbocycles. The van der Waals surface area contributed by atoms with Gasteiger partial charge in [-0.1, -0.05) is 11.1 Å². The number of hydrogen-bond donors (Lipinski definition) is 0. The highest BCUT2D eigenvalue weighted by Crippen LogP contribution is 2.39. The first-order valence-corrected chi connectivity index (χ1v) is 4.53. The fraction of sp³-hybridized carbons (Fsp3) is 0.600. The highest BCUT2D eigenvalue weighted by Gasteiger charge is 2.46. The molecule has 0 aromatic rings. The number of ether oxygens (including phenoxy) is 1. The predicted octanol–water partition coefficient (Wildman–Crippen LogP) is 1.43. The lowest BCUT2D eigenvalue weighted by atomic mass is 9.77. The van der Waals surface area contributed by atoms with Crippen molar-refractivity contribution in [2.45, 2.75) is 26.7 Å². The van der Waals surface area contributed by atoms with Crippen LogP contribution in [-0.4, -0.2) is 11.9 Å². The minimum atomic E-state index is -0.355. The van der Waals surface area contributed by atoms with E-state index in [1.54, 1.807) is 0 Å². The standard InChI is InChI=1S/C10H12O3/c1-5-3-4-7-8(6(5)2)10(12)13-9(7)11/h7-8H,3-4H2,1-2H3/t7-,8-/m1/s1. The van der Waals surface area contributed by atoms with Crippen molar-refractivity contribution in [3.63, 3.8) is 0 Å². The molecule has 3 nitrogen and oxygen atoms in total. The summed E-state index contributed by atoms with van der Waals surface area (Å²) in [5, 5.41) is 0. The summed E-state index contributed by atoms with van der Waals surface area (Å²) >= 11 is 0. The Hall–Kier alpha value is -1.12. The van der Waals surface area contributed by atoms with Crippen molar-refractivity contribution in [1.29, 1.82) is 0 Å². The van der Waals surface area contributed by atoms with E-state index in [1.165, 1.54) is 5.57 Å². The van der Waals surface area contributed by atoms with Gasteiger partial charge in [0, 0.05) is 0 Å². The zero-order chi connectivity index (χ0) is 9.59. The van der Waals surface area contributed by atoms with Gasteiger partial charge in [-0.15, -0.1) is 0 Å². The van der Waals surface area contributed by atoms with E-state index in [4.69, 9.17) is 0 Å². The second kappa shape index (κ2) is 2.69. The Balaban J connectivity index is 2.40. The van der Waals surface area contributed by atoms with Crippen LogP contribution in [0.4, 0.5) is 0 Å². The Bertz CT molecular complexity index is 314. The Kier molecular flexibility index (Phi) is 1.75. The largest absolute Gasteiger partial charge is 0.392 e. The van der Waals surface area contributed by atoms with E-state index in [9.17, 15) is 9.59 Å². The monoisotopic (exact) mass is 180 g/mol. The molecule has 0 spiro atoms. The summed E-state index contributed by atoms with van der Waals surface area (Å²) in [4.78, 5) is 22.5. The Labute approximate surface area is 76.8 Å². The molecule has 1 aliphatic heterocycles. The van der Waals surface area contributed by atoms with Crippen LogP contribution in [0.15, 0.2) is 11.1 Å². The van der Waals surface area contributed by atoms with Crippen LogP contribution in [0.1, 0.15) is 26.7 Å². The Morgan fingerprint density at radius 2 is 1.92 bits per heavy atom. The molecule has 0 aromatic heterocycles. The van der Waals surface area contributed by atoms with Crippen LogP contribution in [0.5, 0.6) is 0 Å². The lowest BCUT2D eigenvalue weighted by Crippen LogP contribution is -2.23. The maximum Gasteiger partial charge on any atom is 0.321 e. The number of carbonyl (C=O) groups is 2. The molecule has 0 saturated carbocycles. The molecule has 2 atom stereocenters. The van der Waals surface area contributed by atoms with Gasteiger partial charge < -0.3 is 4.74 Å². The summed E-state index contributed by atoms with van der Waals surface area (Å²) in [5.41, 5.74) is 2.26. The van der Waals surface area contributed by atoms with Crippen LogP contribution in [0.3, 0.4) is 0 Å². The van der Waals surface area contributed by atoms with E-state index in [0.717, 1.165) is 18.4 Å². The first-order chi connectivity index (χ1) is 6.11. The fourth-order valence-corrected chi connectivity index (χ4v) is 2.14. The SMILES string of the molecule is CC1=C(C)[C@H]2C(=O)OC(=O)[C@@H]2CC1. The lowest BCUT2D eigenvalue weighted by molar-refractivity contribution is -0.153. The van der Waals surface area contributed by atoms with Crippen molar-refractivity contribution in [3.8, 4) is 0 Å². The third kappa shape index (κ3) is 1.10. The molecule has 1 heterocycles. The maximum absolute atomic E-state index is 11.3. The van der Waals surface area contributed by atoms with E-state index in [1.807, 2.05) is 13.8 Å². The molecule has 70 valence electrons. The Morgan fingerprint density at radius 1 is 1.23 bits per heavy atom. The molecule has 1 saturated heterocycles. The van der Waals surface area contributed by atoms with E-state index in [0.29, 0.717) is 0 Å². The average Bonchev–Trinajstić information content (AvgIpc) is 2.35. The quantitative estimate of drug-likeness (QED) is 0.322. The predicted molar refractivity (Wildman–Crippen MR) is 45.7 cm³/mol. The summed E-state index contributed by atoms with van der Waals surface area (Å²) in [5.74, 6) is -1.16. The number of cyclic esters (lactones) is 2. The average molecular weight is 180 g/mol. The molecule has 2 aliphatic rings. The van der Waals surface area contributed by atoms with Crippen LogP contribution in [0.2, 0.25) is 0 Å². The van der Waals surface area contributed by atoms with Crippen molar-refractivity contribution in [3.05, 3.63) is 11.1 Å². The van der Waals surface area contributed by atoms with E-state index >= 15 is 0 Å². The highest BCUT2D eigenvalue weighted by molar-refractivity contribution is 5.98. The molecule has 0 amide bonds. The van der Waals surface area contributed by atoms with Gasteiger partial charge in [0.2, 0.25) is 0 Å². The zero-order valence-electron chi connectivity index (χ0n) is 7.79. The minimum Gasteiger partial charge on any atom is -0.392 e. The van der Waals surface area contributed by atoms with Gasteiger partial charge in [-0.2, -0.15) is 0 Å². The summed E-state index contributed by atoms with van der Waals surface area (Å²) in [6.45, 7) is 3.94. The molecule has 0 radical (unpaired) electrons. The van der Waals surface area contributed by atoms with E-state index in [-0.39, 0.29) is 23.8 Å². The van der Waals surface area contributed by atoms with Crippen molar-refractivity contribution in [2.24, 2.45) is 11.8 Å². The summed E-state index contributed by atoms with van der Waals surface area (Å²) in [7, 11) is 0. The lowest BCUT2D eigenvalue weighted by Gasteiger charge is -2.22. The third-order valence-electron chi connectivity index (χ3n) is 3.13. The van der Waals surface area contributed by atoms with Crippen molar-refractivity contribution < 1.29 is 14.3 Å². The van der Waals surface area contributed by atoms with E-state index in [2.05, 4.69) is 4.74 Å². The molecule has 0 aromatic carbocycles. The number of rotatable bonds is 0. The molecule has 3 heteroatoms. The maximum atomic E-state index is 11.3. The third-order valence-corrected chi connectivity index (χ3v) is 3.13. The minimum absolute atomic E-state index is 0.198. The van der Waals surface area contributed by atoms with Gasteiger partial charge in [0.05, 0.1) is 11.8 Å². The number of allylic oxidation sites excluding steroid dienone is 1. The normalized spacial score (nSPS) is 33.4. The van der Waals surface area contributed by atoms with Gasteiger partial charge in [-0.3, -0.25) is 9.59 Å². The second-order valence-electron chi connectivity index (χ2n) is 3.83. The smallest absolute Gasteiger partial charge is 0.321 e. The van der Waals surface area contributed by atoms with Crippen LogP contribution in [-0.2, 0) is 14.3 Å².